The fourth-order valence-corrected chi connectivity index (χ4v) is 3.23. The van der Waals surface area contributed by atoms with Crippen LogP contribution in [-0.2, 0) is 4.79 Å². The summed E-state index contributed by atoms with van der Waals surface area (Å²) in [6.07, 6.45) is 21.9. The number of nitrogens with one attached hydrogen (secondary N) is 1. The Bertz CT molecular complexity index is 265. The number of amides is 1. The molecule has 0 rings (SSSR count). The van der Waals surface area contributed by atoms with Gasteiger partial charge in [0.2, 0.25) is 5.91 Å². The molecule has 2 heteroatoms. The Morgan fingerprint density at radius 2 is 1.08 bits per heavy atom. The number of carbonyl (C=O) groups excluding carboxylic acids is 1. The molecule has 1 N–H and O–H groups in total. The topological polar surface area (TPSA) is 29.1 Å². The molecular formula is C22H45NO. The Hall–Kier alpha value is -0.530. The molecule has 0 aliphatic carbocycles. The zero-order chi connectivity index (χ0) is 17.9. The van der Waals surface area contributed by atoms with Gasteiger partial charge in [-0.3, -0.25) is 4.79 Å². The van der Waals surface area contributed by atoms with Crippen molar-refractivity contribution in [2.24, 2.45) is 0 Å². The molecule has 0 heterocycles. The minimum Gasteiger partial charge on any atom is -0.354 e. The van der Waals surface area contributed by atoms with Gasteiger partial charge in [0.15, 0.2) is 0 Å². The molecule has 0 saturated heterocycles. The molecule has 0 bridgehead atoms. The Labute approximate surface area is 152 Å². The monoisotopic (exact) mass is 339 g/mol. The maximum absolute atomic E-state index is 11.8. The summed E-state index contributed by atoms with van der Waals surface area (Å²) in [4.78, 5) is 11.8. The lowest BCUT2D eigenvalue weighted by molar-refractivity contribution is -0.121. The standard InChI is InChI=1S/C22H45NO/c1-4-6-8-9-10-11-12-13-14-15-16-17-18-20-22(24)23-21(3)19-7-5-2/h21H,4-20H2,1-3H3,(H,23,24). The lowest BCUT2D eigenvalue weighted by Crippen LogP contribution is -2.32. The Balaban J connectivity index is 3.20. The average molecular weight is 340 g/mol. The molecule has 0 spiro atoms. The predicted octanol–water partition coefficient (Wildman–Crippen LogP) is 7.16. The van der Waals surface area contributed by atoms with Crippen LogP contribution in [0.4, 0.5) is 0 Å². The number of hydrogen-bond donors (Lipinski definition) is 1. The van der Waals surface area contributed by atoms with Gasteiger partial charge in [-0.25, -0.2) is 0 Å². The number of hydrogen-bond acceptors (Lipinski definition) is 1. The first kappa shape index (κ1) is 23.5. The largest absolute Gasteiger partial charge is 0.354 e. The minimum atomic E-state index is 0.252. The van der Waals surface area contributed by atoms with Crippen LogP contribution in [0.1, 0.15) is 130 Å². The highest BCUT2D eigenvalue weighted by molar-refractivity contribution is 5.76. The second-order valence-corrected chi connectivity index (χ2v) is 7.60. The van der Waals surface area contributed by atoms with E-state index in [4.69, 9.17) is 0 Å². The summed E-state index contributed by atoms with van der Waals surface area (Å²) in [6, 6.07) is 0.347. The lowest BCUT2D eigenvalue weighted by Gasteiger charge is -2.13. The van der Waals surface area contributed by atoms with Crippen LogP contribution in [0, 0.1) is 0 Å². The molecule has 0 saturated carbocycles. The smallest absolute Gasteiger partial charge is 0.220 e. The molecule has 0 aliphatic heterocycles. The average Bonchev–Trinajstić information content (AvgIpc) is 2.57. The molecule has 144 valence electrons. The van der Waals surface area contributed by atoms with Crippen LogP contribution in [-0.4, -0.2) is 11.9 Å². The third kappa shape index (κ3) is 17.8. The summed E-state index contributed by atoms with van der Waals surface area (Å²) in [5, 5.41) is 3.12. The van der Waals surface area contributed by atoms with E-state index in [0.29, 0.717) is 12.5 Å². The highest BCUT2D eigenvalue weighted by atomic mass is 16.1. The van der Waals surface area contributed by atoms with Crippen molar-refractivity contribution in [3.8, 4) is 0 Å². The van der Waals surface area contributed by atoms with Crippen molar-refractivity contribution in [3.63, 3.8) is 0 Å². The molecule has 1 amide bonds. The van der Waals surface area contributed by atoms with Crippen LogP contribution < -0.4 is 5.32 Å². The quantitative estimate of drug-likeness (QED) is 0.264. The van der Waals surface area contributed by atoms with E-state index < -0.39 is 0 Å². The molecule has 0 aromatic rings. The predicted molar refractivity (Wildman–Crippen MR) is 107 cm³/mol. The van der Waals surface area contributed by atoms with Crippen LogP contribution in [0.15, 0.2) is 0 Å². The zero-order valence-electron chi connectivity index (χ0n) is 17.0. The summed E-state index contributed by atoms with van der Waals surface area (Å²) >= 11 is 0. The van der Waals surface area contributed by atoms with Gasteiger partial charge in [-0.1, -0.05) is 104 Å². The van der Waals surface area contributed by atoms with Crippen LogP contribution >= 0.6 is 0 Å². The van der Waals surface area contributed by atoms with Gasteiger partial charge >= 0.3 is 0 Å². The minimum absolute atomic E-state index is 0.252. The van der Waals surface area contributed by atoms with Crippen LogP contribution in [0.25, 0.3) is 0 Å². The van der Waals surface area contributed by atoms with E-state index >= 15 is 0 Å². The van der Waals surface area contributed by atoms with E-state index in [1.807, 2.05) is 0 Å². The van der Waals surface area contributed by atoms with Gasteiger partial charge in [-0.05, 0) is 19.8 Å². The van der Waals surface area contributed by atoms with Crippen LogP contribution in [0.3, 0.4) is 0 Å². The normalized spacial score (nSPS) is 12.3. The third-order valence-corrected chi connectivity index (χ3v) is 4.91. The molecule has 2 nitrogen and oxygen atoms in total. The van der Waals surface area contributed by atoms with Gasteiger partial charge in [0, 0.05) is 12.5 Å². The van der Waals surface area contributed by atoms with Crippen molar-refractivity contribution in [2.75, 3.05) is 0 Å². The zero-order valence-corrected chi connectivity index (χ0v) is 17.0. The number of unbranched alkanes of at least 4 members (excludes halogenated alkanes) is 13. The first-order chi connectivity index (χ1) is 11.7. The summed E-state index contributed by atoms with van der Waals surface area (Å²) in [6.45, 7) is 6.60. The van der Waals surface area contributed by atoms with Crippen molar-refractivity contribution >= 4 is 5.91 Å². The number of carbonyl (C=O) groups is 1. The second-order valence-electron chi connectivity index (χ2n) is 7.60. The van der Waals surface area contributed by atoms with E-state index in [0.717, 1.165) is 12.8 Å². The van der Waals surface area contributed by atoms with E-state index in [-0.39, 0.29) is 5.91 Å². The first-order valence-electron chi connectivity index (χ1n) is 11.0. The Morgan fingerprint density at radius 1 is 0.667 bits per heavy atom. The van der Waals surface area contributed by atoms with Crippen molar-refractivity contribution in [1.82, 2.24) is 5.32 Å². The highest BCUT2D eigenvalue weighted by Crippen LogP contribution is 2.13. The molecule has 24 heavy (non-hydrogen) atoms. The van der Waals surface area contributed by atoms with Gasteiger partial charge in [-0.15, -0.1) is 0 Å². The van der Waals surface area contributed by atoms with E-state index in [1.165, 1.54) is 89.9 Å². The molecule has 1 atom stereocenters. The molecular weight excluding hydrogens is 294 g/mol. The van der Waals surface area contributed by atoms with E-state index in [1.54, 1.807) is 0 Å². The number of rotatable bonds is 18. The third-order valence-electron chi connectivity index (χ3n) is 4.91. The van der Waals surface area contributed by atoms with Crippen molar-refractivity contribution in [1.29, 1.82) is 0 Å². The van der Waals surface area contributed by atoms with Crippen LogP contribution in [0.2, 0.25) is 0 Å². The fourth-order valence-electron chi connectivity index (χ4n) is 3.23. The molecule has 0 radical (unpaired) electrons. The summed E-state index contributed by atoms with van der Waals surface area (Å²) in [7, 11) is 0. The molecule has 0 aromatic carbocycles. The van der Waals surface area contributed by atoms with Crippen LogP contribution in [0.5, 0.6) is 0 Å². The molecule has 0 aliphatic rings. The maximum Gasteiger partial charge on any atom is 0.220 e. The molecule has 0 fully saturated rings. The molecule has 0 aromatic heterocycles. The van der Waals surface area contributed by atoms with E-state index in [9.17, 15) is 4.79 Å². The second kappa shape index (κ2) is 18.8. The summed E-state index contributed by atoms with van der Waals surface area (Å²) in [5.41, 5.74) is 0. The fraction of sp³-hybridized carbons (Fsp3) is 0.955. The van der Waals surface area contributed by atoms with Gasteiger partial charge < -0.3 is 5.32 Å². The van der Waals surface area contributed by atoms with Crippen molar-refractivity contribution in [3.05, 3.63) is 0 Å². The lowest BCUT2D eigenvalue weighted by atomic mass is 10.0. The molecule has 1 unspecified atom stereocenters. The first-order valence-corrected chi connectivity index (χ1v) is 11.0. The van der Waals surface area contributed by atoms with E-state index in [2.05, 4.69) is 26.1 Å². The van der Waals surface area contributed by atoms with Crippen molar-refractivity contribution < 1.29 is 4.79 Å². The highest BCUT2D eigenvalue weighted by Gasteiger charge is 2.06. The summed E-state index contributed by atoms with van der Waals surface area (Å²) < 4.78 is 0. The van der Waals surface area contributed by atoms with Crippen molar-refractivity contribution in [2.45, 2.75) is 136 Å². The van der Waals surface area contributed by atoms with Gasteiger partial charge in [0.05, 0.1) is 0 Å². The van der Waals surface area contributed by atoms with Gasteiger partial charge in [0.1, 0.15) is 0 Å². The Kier molecular flexibility index (Phi) is 18.4. The summed E-state index contributed by atoms with van der Waals surface area (Å²) in [5.74, 6) is 0.252. The van der Waals surface area contributed by atoms with Gasteiger partial charge in [-0.2, -0.15) is 0 Å². The maximum atomic E-state index is 11.8. The Morgan fingerprint density at radius 3 is 1.54 bits per heavy atom. The van der Waals surface area contributed by atoms with Gasteiger partial charge in [0.25, 0.3) is 0 Å². The SMILES string of the molecule is CCCCCCCCCCCCCCCC(=O)NC(C)CCCC.